The highest BCUT2D eigenvalue weighted by molar-refractivity contribution is 7.13. The molecule has 5 nitrogen and oxygen atoms in total. The van der Waals surface area contributed by atoms with Gasteiger partial charge in [-0.25, -0.2) is 9.37 Å². The normalized spacial score (nSPS) is 23.6. The molecule has 2 aliphatic rings. The molecule has 194 valence electrons. The van der Waals surface area contributed by atoms with E-state index in [0.717, 1.165) is 25.0 Å². The lowest BCUT2D eigenvalue weighted by atomic mass is 9.99. The molecule has 37 heavy (non-hydrogen) atoms. The van der Waals surface area contributed by atoms with Crippen molar-refractivity contribution in [3.63, 3.8) is 0 Å². The number of carbonyl (C=O) groups excluding carboxylic acids is 2. The number of anilines is 1. The van der Waals surface area contributed by atoms with Crippen molar-refractivity contribution in [1.82, 2.24) is 9.88 Å². The molecule has 7 heteroatoms. The van der Waals surface area contributed by atoms with Crippen molar-refractivity contribution in [2.45, 2.75) is 58.5 Å². The summed E-state index contributed by atoms with van der Waals surface area (Å²) in [7, 11) is 0. The average Bonchev–Trinajstić information content (AvgIpc) is 3.25. The van der Waals surface area contributed by atoms with Crippen molar-refractivity contribution in [2.75, 3.05) is 11.9 Å². The number of aryl methyl sites for hydroxylation is 1. The van der Waals surface area contributed by atoms with Crippen molar-refractivity contribution >= 4 is 28.7 Å². The molecule has 1 saturated heterocycles. The molecule has 1 aliphatic heterocycles. The maximum Gasteiger partial charge on any atom is 0.245 e. The van der Waals surface area contributed by atoms with Gasteiger partial charge < -0.3 is 10.2 Å². The molecule has 1 aromatic heterocycles. The Labute approximate surface area is 222 Å². The van der Waals surface area contributed by atoms with Crippen LogP contribution in [0.3, 0.4) is 0 Å². The summed E-state index contributed by atoms with van der Waals surface area (Å²) in [5.41, 5.74) is 6.14. The second kappa shape index (κ2) is 10.7. The van der Waals surface area contributed by atoms with Gasteiger partial charge in [0.2, 0.25) is 5.91 Å². The van der Waals surface area contributed by atoms with Crippen LogP contribution in [0.15, 0.2) is 54.0 Å². The Kier molecular flexibility index (Phi) is 7.43. The molecule has 5 atom stereocenters. The highest BCUT2D eigenvalue weighted by Crippen LogP contribution is 2.45. The molecular weight excluding hydrogens is 485 g/mol. The van der Waals surface area contributed by atoms with E-state index in [2.05, 4.69) is 41.5 Å². The number of halogens is 1. The molecule has 1 aliphatic carbocycles. The minimum Gasteiger partial charge on any atom is -0.374 e. The first-order chi connectivity index (χ1) is 17.8. The number of rotatable bonds is 9. The molecule has 0 spiro atoms. The maximum absolute atomic E-state index is 13.3. The molecule has 2 aromatic carbocycles. The van der Waals surface area contributed by atoms with E-state index in [-0.39, 0.29) is 23.5 Å². The molecule has 0 bridgehead atoms. The largest absolute Gasteiger partial charge is 0.374 e. The Balaban J connectivity index is 1.14. The molecule has 5 rings (SSSR count). The third-order valence-electron chi connectivity index (χ3n) is 7.75. The van der Waals surface area contributed by atoms with Crippen LogP contribution in [0.1, 0.15) is 44.4 Å². The van der Waals surface area contributed by atoms with Gasteiger partial charge in [-0.2, -0.15) is 0 Å². The minimum atomic E-state index is -0.489. The molecular formula is C30H34FN3O2S. The highest BCUT2D eigenvalue weighted by atomic mass is 32.1. The van der Waals surface area contributed by atoms with Crippen molar-refractivity contribution in [2.24, 2.45) is 17.8 Å². The van der Waals surface area contributed by atoms with Crippen LogP contribution in [0.2, 0.25) is 0 Å². The standard InChI is InChI=1S/C30H34FN3O2S/c1-18-12-27(34(16-18)30(36)20(3)33-26-10-8-25(31)9-11-26)28(35)15-24-14-23(24)13-21-4-6-22(7-5-21)29-19(2)32-17-37-29/h4-11,17-18,20,23-24,27,33H,12-16H2,1-3H3. The second-order valence-corrected chi connectivity index (χ2v) is 11.7. The summed E-state index contributed by atoms with van der Waals surface area (Å²) in [4.78, 5) is 33.9. The number of likely N-dealkylation sites (tertiary alicyclic amines) is 1. The smallest absolute Gasteiger partial charge is 0.245 e. The number of Topliss-reactive ketones (excluding diaryl/α,β-unsaturated/α-hetero) is 1. The van der Waals surface area contributed by atoms with Crippen molar-refractivity contribution in [3.05, 3.63) is 71.1 Å². The van der Waals surface area contributed by atoms with Gasteiger partial charge in [-0.1, -0.05) is 31.2 Å². The van der Waals surface area contributed by atoms with E-state index in [0.29, 0.717) is 36.4 Å². The SMILES string of the molecule is Cc1ncsc1-c1ccc(CC2CC2CC(=O)C2CC(C)CN2C(=O)C(C)Nc2ccc(F)cc2)cc1. The summed E-state index contributed by atoms with van der Waals surface area (Å²) in [6.07, 6.45) is 3.33. The highest BCUT2D eigenvalue weighted by Gasteiger charge is 2.43. The lowest BCUT2D eigenvalue weighted by Gasteiger charge is -2.27. The number of ketones is 1. The first-order valence-corrected chi connectivity index (χ1v) is 14.0. The van der Waals surface area contributed by atoms with Crippen molar-refractivity contribution < 1.29 is 14.0 Å². The van der Waals surface area contributed by atoms with Crippen LogP contribution in [-0.4, -0.2) is 40.2 Å². The van der Waals surface area contributed by atoms with Crippen LogP contribution >= 0.6 is 11.3 Å². The first kappa shape index (κ1) is 25.6. The molecule has 1 N–H and O–H groups in total. The molecule has 1 saturated carbocycles. The number of hydrogen-bond donors (Lipinski definition) is 1. The molecule has 2 fully saturated rings. The maximum atomic E-state index is 13.3. The van der Waals surface area contributed by atoms with Crippen molar-refractivity contribution in [1.29, 1.82) is 0 Å². The van der Waals surface area contributed by atoms with Crippen LogP contribution in [0.5, 0.6) is 0 Å². The summed E-state index contributed by atoms with van der Waals surface area (Å²) in [5.74, 6) is 1.03. The molecule has 3 aromatic rings. The monoisotopic (exact) mass is 519 g/mol. The van der Waals surface area contributed by atoms with Crippen LogP contribution < -0.4 is 5.32 Å². The fourth-order valence-corrected chi connectivity index (χ4v) is 6.39. The van der Waals surface area contributed by atoms with Crippen LogP contribution in [0.25, 0.3) is 10.4 Å². The van der Waals surface area contributed by atoms with Gasteiger partial charge in [-0.3, -0.25) is 9.59 Å². The number of carbonyl (C=O) groups is 2. The van der Waals surface area contributed by atoms with E-state index >= 15 is 0 Å². The summed E-state index contributed by atoms with van der Waals surface area (Å²) >= 11 is 1.66. The average molecular weight is 520 g/mol. The summed E-state index contributed by atoms with van der Waals surface area (Å²) in [6.45, 7) is 6.54. The topological polar surface area (TPSA) is 62.3 Å². The van der Waals surface area contributed by atoms with E-state index in [1.807, 2.05) is 12.4 Å². The zero-order valence-electron chi connectivity index (χ0n) is 21.6. The predicted molar refractivity (Wildman–Crippen MR) is 146 cm³/mol. The van der Waals surface area contributed by atoms with Gasteiger partial charge in [0.15, 0.2) is 5.78 Å². The number of nitrogens with zero attached hydrogens (tertiary/aromatic N) is 2. The van der Waals surface area contributed by atoms with Crippen LogP contribution in [0.4, 0.5) is 10.1 Å². The summed E-state index contributed by atoms with van der Waals surface area (Å²) < 4.78 is 13.2. The number of aromatic nitrogens is 1. The molecule has 2 heterocycles. The fraction of sp³-hybridized carbons (Fsp3) is 0.433. The Hall–Kier alpha value is -3.06. The molecule has 1 amide bonds. The molecule has 5 unspecified atom stereocenters. The quantitative estimate of drug-likeness (QED) is 0.369. The number of thiazole rings is 1. The van der Waals surface area contributed by atoms with Gasteiger partial charge in [-0.05, 0) is 86.3 Å². The van der Waals surface area contributed by atoms with E-state index < -0.39 is 6.04 Å². The van der Waals surface area contributed by atoms with E-state index in [1.54, 1.807) is 35.3 Å². The van der Waals surface area contributed by atoms with Gasteiger partial charge in [0, 0.05) is 18.7 Å². The number of hydrogen-bond acceptors (Lipinski definition) is 5. The lowest BCUT2D eigenvalue weighted by molar-refractivity contribution is -0.138. The van der Waals surface area contributed by atoms with Gasteiger partial charge in [0.25, 0.3) is 0 Å². The Morgan fingerprint density at radius 3 is 2.51 bits per heavy atom. The fourth-order valence-electron chi connectivity index (χ4n) is 5.58. The Morgan fingerprint density at radius 2 is 1.84 bits per heavy atom. The minimum absolute atomic E-state index is 0.0735. The number of nitrogens with one attached hydrogen (secondary N) is 1. The molecule has 0 radical (unpaired) electrons. The van der Waals surface area contributed by atoms with E-state index in [4.69, 9.17) is 0 Å². The van der Waals surface area contributed by atoms with Gasteiger partial charge >= 0.3 is 0 Å². The van der Waals surface area contributed by atoms with Gasteiger partial charge in [-0.15, -0.1) is 11.3 Å². The van der Waals surface area contributed by atoms with Crippen molar-refractivity contribution in [3.8, 4) is 10.4 Å². The van der Waals surface area contributed by atoms with Crippen LogP contribution in [-0.2, 0) is 16.0 Å². The van der Waals surface area contributed by atoms with Gasteiger partial charge in [0.05, 0.1) is 22.1 Å². The third kappa shape index (κ3) is 5.93. The zero-order chi connectivity index (χ0) is 26.1. The number of benzene rings is 2. The summed E-state index contributed by atoms with van der Waals surface area (Å²) in [5, 5.41) is 3.15. The Morgan fingerprint density at radius 1 is 1.11 bits per heavy atom. The van der Waals surface area contributed by atoms with Gasteiger partial charge in [0.1, 0.15) is 11.9 Å². The predicted octanol–water partition coefficient (Wildman–Crippen LogP) is 6.13. The summed E-state index contributed by atoms with van der Waals surface area (Å²) in [6, 6.07) is 13.9. The first-order valence-electron chi connectivity index (χ1n) is 13.1. The Bertz CT molecular complexity index is 1260. The number of amides is 1. The van der Waals surface area contributed by atoms with E-state index in [9.17, 15) is 14.0 Å². The lowest BCUT2D eigenvalue weighted by Crippen LogP contribution is -2.47. The third-order valence-corrected chi connectivity index (χ3v) is 8.73. The second-order valence-electron chi connectivity index (χ2n) is 10.8. The van der Waals surface area contributed by atoms with Crippen LogP contribution in [0, 0.1) is 30.5 Å². The zero-order valence-corrected chi connectivity index (χ0v) is 22.4. The van der Waals surface area contributed by atoms with E-state index in [1.165, 1.54) is 28.1 Å².